The van der Waals surface area contributed by atoms with Gasteiger partial charge in [-0.15, -0.1) is 11.3 Å². The Morgan fingerprint density at radius 2 is 1.83 bits per heavy atom. The summed E-state index contributed by atoms with van der Waals surface area (Å²) in [4.78, 5) is 13.1. The van der Waals surface area contributed by atoms with Crippen molar-refractivity contribution in [2.75, 3.05) is 7.05 Å². The van der Waals surface area contributed by atoms with E-state index in [4.69, 9.17) is 0 Å². The van der Waals surface area contributed by atoms with Crippen molar-refractivity contribution in [2.24, 2.45) is 5.92 Å². The van der Waals surface area contributed by atoms with E-state index in [9.17, 15) is 4.79 Å². The van der Waals surface area contributed by atoms with Crippen molar-refractivity contribution in [1.82, 2.24) is 10.6 Å². The lowest BCUT2D eigenvalue weighted by molar-refractivity contribution is -0.122. The summed E-state index contributed by atoms with van der Waals surface area (Å²) in [6, 6.07) is 12.7. The van der Waals surface area contributed by atoms with Gasteiger partial charge in [0.05, 0.1) is 12.1 Å². The van der Waals surface area contributed by atoms with E-state index in [1.54, 1.807) is 18.4 Å². The fourth-order valence-corrected chi connectivity index (χ4v) is 3.47. The Labute approximate surface area is 143 Å². The first kappa shape index (κ1) is 17.7. The minimum Gasteiger partial charge on any atom is -0.358 e. The molecule has 0 fully saturated rings. The lowest BCUT2D eigenvalue weighted by atomic mass is 9.98. The summed E-state index contributed by atoms with van der Waals surface area (Å²) in [5.74, 6) is 0.656. The molecule has 1 heterocycles. The van der Waals surface area contributed by atoms with Crippen LogP contribution in [0, 0.1) is 5.92 Å². The number of amides is 1. The Morgan fingerprint density at radius 1 is 1.13 bits per heavy atom. The summed E-state index contributed by atoms with van der Waals surface area (Å²) in [6.07, 6.45) is 1.09. The second-order valence-corrected chi connectivity index (χ2v) is 7.27. The third-order valence-corrected chi connectivity index (χ3v) is 4.78. The Balaban J connectivity index is 2.22. The van der Waals surface area contributed by atoms with Gasteiger partial charge in [0, 0.05) is 11.9 Å². The molecule has 0 radical (unpaired) electrons. The van der Waals surface area contributed by atoms with Crippen molar-refractivity contribution in [2.45, 2.75) is 39.3 Å². The van der Waals surface area contributed by atoms with E-state index in [2.05, 4.69) is 60.2 Å². The molecule has 4 heteroatoms. The van der Waals surface area contributed by atoms with E-state index in [1.165, 1.54) is 16.0 Å². The molecule has 2 aromatic rings. The van der Waals surface area contributed by atoms with Crippen LogP contribution in [-0.4, -0.2) is 19.0 Å². The highest BCUT2D eigenvalue weighted by Gasteiger charge is 2.20. The molecule has 1 aromatic carbocycles. The Bertz CT molecular complexity index is 605. The molecule has 124 valence electrons. The summed E-state index contributed by atoms with van der Waals surface area (Å²) in [6.45, 7) is 6.36. The molecule has 1 amide bonds. The van der Waals surface area contributed by atoms with Gasteiger partial charge in [-0.25, -0.2) is 0 Å². The summed E-state index contributed by atoms with van der Waals surface area (Å²) in [5, 5.41) is 8.22. The van der Waals surface area contributed by atoms with E-state index in [-0.39, 0.29) is 18.0 Å². The molecule has 0 bridgehead atoms. The number of hydrogen-bond donors (Lipinski definition) is 2. The predicted molar refractivity (Wildman–Crippen MR) is 97.8 cm³/mol. The van der Waals surface area contributed by atoms with Gasteiger partial charge in [-0.05, 0) is 41.8 Å². The first-order valence-corrected chi connectivity index (χ1v) is 8.99. The molecular weight excluding hydrogens is 304 g/mol. The maximum Gasteiger partial charge on any atom is 0.236 e. The number of carbonyl (C=O) groups is 1. The molecule has 1 aromatic heterocycles. The molecule has 0 saturated carbocycles. The number of thiophene rings is 1. The highest BCUT2D eigenvalue weighted by atomic mass is 32.1. The van der Waals surface area contributed by atoms with Crippen LogP contribution in [0.15, 0.2) is 41.8 Å². The van der Waals surface area contributed by atoms with Crippen LogP contribution in [-0.2, 0) is 11.2 Å². The first-order chi connectivity index (χ1) is 11.0. The van der Waals surface area contributed by atoms with Crippen molar-refractivity contribution >= 4 is 17.2 Å². The van der Waals surface area contributed by atoms with Crippen molar-refractivity contribution in [3.8, 4) is 0 Å². The molecule has 3 nitrogen and oxygen atoms in total. The van der Waals surface area contributed by atoms with Gasteiger partial charge in [-0.1, -0.05) is 44.2 Å². The van der Waals surface area contributed by atoms with Gasteiger partial charge in [0.25, 0.3) is 0 Å². The third-order valence-electron chi connectivity index (χ3n) is 3.84. The summed E-state index contributed by atoms with van der Waals surface area (Å²) >= 11 is 1.71. The molecule has 0 saturated heterocycles. The quantitative estimate of drug-likeness (QED) is 0.811. The van der Waals surface area contributed by atoms with E-state index >= 15 is 0 Å². The normalized spacial score (nSPS) is 13.8. The van der Waals surface area contributed by atoms with Gasteiger partial charge < -0.3 is 5.32 Å². The smallest absolute Gasteiger partial charge is 0.236 e. The number of benzene rings is 1. The van der Waals surface area contributed by atoms with Crippen LogP contribution in [0.2, 0.25) is 0 Å². The molecule has 23 heavy (non-hydrogen) atoms. The standard InChI is InChI=1S/C19H26N2OS/c1-13(2)12-15-7-9-16(10-8-15)18(17-6-5-11-23-17)21-14(3)19(22)20-4/h5-11,13-14,18,21H,12H2,1-4H3,(H,20,22)/t14-,18+/m0/s1. The summed E-state index contributed by atoms with van der Waals surface area (Å²) in [5.41, 5.74) is 2.55. The molecule has 0 unspecified atom stereocenters. The number of hydrogen-bond acceptors (Lipinski definition) is 3. The average Bonchev–Trinajstić information content (AvgIpc) is 3.06. The van der Waals surface area contributed by atoms with Gasteiger partial charge in [0.15, 0.2) is 0 Å². The largest absolute Gasteiger partial charge is 0.358 e. The van der Waals surface area contributed by atoms with Crippen molar-refractivity contribution in [3.05, 3.63) is 57.8 Å². The molecule has 2 rings (SSSR count). The molecule has 0 aliphatic rings. The Hall–Kier alpha value is -1.65. The van der Waals surface area contributed by atoms with E-state index in [0.29, 0.717) is 5.92 Å². The highest BCUT2D eigenvalue weighted by molar-refractivity contribution is 7.10. The monoisotopic (exact) mass is 330 g/mol. The number of rotatable bonds is 7. The van der Waals surface area contributed by atoms with E-state index < -0.39 is 0 Å². The Morgan fingerprint density at radius 3 is 2.35 bits per heavy atom. The van der Waals surface area contributed by atoms with Gasteiger partial charge in [0.1, 0.15) is 0 Å². The highest BCUT2D eigenvalue weighted by Crippen LogP contribution is 2.27. The molecule has 2 N–H and O–H groups in total. The number of carbonyl (C=O) groups excluding carboxylic acids is 1. The van der Waals surface area contributed by atoms with Crippen LogP contribution in [0.25, 0.3) is 0 Å². The van der Waals surface area contributed by atoms with Crippen LogP contribution >= 0.6 is 11.3 Å². The van der Waals surface area contributed by atoms with Gasteiger partial charge in [0.2, 0.25) is 5.91 Å². The topological polar surface area (TPSA) is 41.1 Å². The van der Waals surface area contributed by atoms with Crippen LogP contribution in [0.5, 0.6) is 0 Å². The van der Waals surface area contributed by atoms with Crippen LogP contribution in [0.1, 0.15) is 42.8 Å². The molecular formula is C19H26N2OS. The fourth-order valence-electron chi connectivity index (χ4n) is 2.66. The zero-order valence-electron chi connectivity index (χ0n) is 14.3. The first-order valence-electron chi connectivity index (χ1n) is 8.11. The molecule has 0 aliphatic heterocycles. The maximum absolute atomic E-state index is 11.9. The van der Waals surface area contributed by atoms with Gasteiger partial charge in [-0.3, -0.25) is 10.1 Å². The second kappa shape index (κ2) is 8.27. The fraction of sp³-hybridized carbons (Fsp3) is 0.421. The molecule has 0 spiro atoms. The molecule has 2 atom stereocenters. The van der Waals surface area contributed by atoms with Gasteiger partial charge in [-0.2, -0.15) is 0 Å². The summed E-state index contributed by atoms with van der Waals surface area (Å²) < 4.78 is 0. The average molecular weight is 330 g/mol. The van der Waals surface area contributed by atoms with Crippen molar-refractivity contribution in [3.63, 3.8) is 0 Å². The van der Waals surface area contributed by atoms with Crippen molar-refractivity contribution in [1.29, 1.82) is 0 Å². The second-order valence-electron chi connectivity index (χ2n) is 6.29. The lowest BCUT2D eigenvalue weighted by Gasteiger charge is -2.22. The third kappa shape index (κ3) is 4.91. The van der Waals surface area contributed by atoms with Crippen LogP contribution < -0.4 is 10.6 Å². The minimum absolute atomic E-state index is 0.00276. The molecule has 0 aliphatic carbocycles. The SMILES string of the molecule is CNC(=O)[C@H](C)N[C@H](c1ccc(CC(C)C)cc1)c1cccs1. The maximum atomic E-state index is 11.9. The van der Waals surface area contributed by atoms with Gasteiger partial charge >= 0.3 is 0 Å². The number of likely N-dealkylation sites (N-methyl/N-ethyl adjacent to an activating group) is 1. The Kier molecular flexibility index (Phi) is 6.37. The predicted octanol–water partition coefficient (Wildman–Crippen LogP) is 3.76. The minimum atomic E-state index is -0.248. The van der Waals surface area contributed by atoms with Crippen LogP contribution in [0.3, 0.4) is 0 Å². The zero-order chi connectivity index (χ0) is 16.8. The van der Waals surface area contributed by atoms with Crippen LogP contribution in [0.4, 0.5) is 0 Å². The number of nitrogens with one attached hydrogen (secondary N) is 2. The van der Waals surface area contributed by atoms with E-state index in [1.807, 2.05) is 13.0 Å². The zero-order valence-corrected chi connectivity index (χ0v) is 15.1. The van der Waals surface area contributed by atoms with Crippen molar-refractivity contribution < 1.29 is 4.79 Å². The van der Waals surface area contributed by atoms with E-state index in [0.717, 1.165) is 6.42 Å². The lowest BCUT2D eigenvalue weighted by Crippen LogP contribution is -2.42. The summed E-state index contributed by atoms with van der Waals surface area (Å²) in [7, 11) is 1.67.